The molecule has 28 heavy (non-hydrogen) atoms. The van der Waals surface area contributed by atoms with Gasteiger partial charge in [-0.25, -0.2) is 4.39 Å². The fourth-order valence-corrected chi connectivity index (χ4v) is 2.74. The molecule has 0 aliphatic heterocycles. The Morgan fingerprint density at radius 1 is 1.04 bits per heavy atom. The molecule has 0 aliphatic carbocycles. The molecule has 1 amide bonds. The summed E-state index contributed by atoms with van der Waals surface area (Å²) in [5.74, 6) is 0.747. The predicted octanol–water partition coefficient (Wildman–Crippen LogP) is 5.00. The second-order valence-electron chi connectivity index (χ2n) is 6.08. The maximum absolute atomic E-state index is 13.0. The van der Waals surface area contributed by atoms with E-state index in [0.29, 0.717) is 28.6 Å². The van der Waals surface area contributed by atoms with Crippen molar-refractivity contribution >= 4 is 17.5 Å². The van der Waals surface area contributed by atoms with Gasteiger partial charge in [-0.2, -0.15) is 0 Å². The lowest BCUT2D eigenvalue weighted by Gasteiger charge is -2.12. The number of methoxy groups -OCH3 is 1. The van der Waals surface area contributed by atoms with Gasteiger partial charge in [0, 0.05) is 22.7 Å². The number of hydrogen-bond acceptors (Lipinski definition) is 3. The normalized spacial score (nSPS) is 10.4. The van der Waals surface area contributed by atoms with Gasteiger partial charge in [-0.1, -0.05) is 23.7 Å². The van der Waals surface area contributed by atoms with Gasteiger partial charge >= 0.3 is 0 Å². The van der Waals surface area contributed by atoms with Gasteiger partial charge in [-0.05, 0) is 60.2 Å². The molecular formula is C22H19ClFNO3. The number of carbonyl (C=O) groups excluding carboxylic acids is 1. The van der Waals surface area contributed by atoms with Gasteiger partial charge in [0.15, 0.2) is 0 Å². The number of halogens is 2. The number of ether oxygens (including phenoxy) is 2. The van der Waals surface area contributed by atoms with Crippen LogP contribution in [0.2, 0.25) is 5.02 Å². The fraction of sp³-hybridized carbons (Fsp3) is 0.136. The Bertz CT molecular complexity index is 943. The average molecular weight is 400 g/mol. The first-order valence-electron chi connectivity index (χ1n) is 8.63. The molecule has 0 atom stereocenters. The lowest BCUT2D eigenvalue weighted by atomic mass is 10.1. The highest BCUT2D eigenvalue weighted by molar-refractivity contribution is 6.30. The van der Waals surface area contributed by atoms with Crippen LogP contribution in [0.15, 0.2) is 66.7 Å². The van der Waals surface area contributed by atoms with Crippen molar-refractivity contribution in [2.75, 3.05) is 7.11 Å². The second kappa shape index (κ2) is 9.24. The van der Waals surface area contributed by atoms with Crippen molar-refractivity contribution in [3.63, 3.8) is 0 Å². The van der Waals surface area contributed by atoms with Crippen LogP contribution in [0.25, 0.3) is 0 Å². The van der Waals surface area contributed by atoms with Crippen LogP contribution in [0.5, 0.6) is 11.5 Å². The van der Waals surface area contributed by atoms with Gasteiger partial charge < -0.3 is 14.8 Å². The van der Waals surface area contributed by atoms with E-state index in [1.807, 2.05) is 0 Å². The van der Waals surface area contributed by atoms with E-state index < -0.39 is 0 Å². The molecule has 0 saturated carbocycles. The first kappa shape index (κ1) is 19.7. The summed E-state index contributed by atoms with van der Waals surface area (Å²) in [5.41, 5.74) is 2.04. The highest BCUT2D eigenvalue weighted by Crippen LogP contribution is 2.23. The molecule has 0 unspecified atom stereocenters. The fourth-order valence-electron chi connectivity index (χ4n) is 2.61. The summed E-state index contributed by atoms with van der Waals surface area (Å²) in [5, 5.41) is 3.45. The van der Waals surface area contributed by atoms with Crippen LogP contribution >= 0.6 is 11.6 Å². The third-order valence-corrected chi connectivity index (χ3v) is 4.37. The van der Waals surface area contributed by atoms with Crippen molar-refractivity contribution in [3.8, 4) is 11.5 Å². The lowest BCUT2D eigenvalue weighted by molar-refractivity contribution is 0.0950. The molecule has 3 aromatic rings. The summed E-state index contributed by atoms with van der Waals surface area (Å²) in [6.07, 6.45) is 0. The Labute approximate surface area is 167 Å². The number of carbonyl (C=O) groups is 1. The minimum absolute atomic E-state index is 0.236. The molecule has 0 heterocycles. The quantitative estimate of drug-likeness (QED) is 0.608. The third-order valence-electron chi connectivity index (χ3n) is 4.12. The van der Waals surface area contributed by atoms with Crippen molar-refractivity contribution < 1.29 is 18.7 Å². The van der Waals surface area contributed by atoms with E-state index in [4.69, 9.17) is 21.1 Å². The zero-order chi connectivity index (χ0) is 19.9. The maximum Gasteiger partial charge on any atom is 0.251 e. The highest BCUT2D eigenvalue weighted by atomic mass is 35.5. The number of rotatable bonds is 7. The standard InChI is InChI=1S/C22H19ClFNO3/c1-27-21-11-4-16(22(26)25-13-15-2-7-19(24)8-3-15)12-17(21)14-28-20-9-5-18(23)6-10-20/h2-12H,13-14H2,1H3,(H,25,26). The Morgan fingerprint density at radius 3 is 2.43 bits per heavy atom. The van der Waals surface area contributed by atoms with Crippen molar-refractivity contribution in [3.05, 3.63) is 94.3 Å². The smallest absolute Gasteiger partial charge is 0.251 e. The minimum atomic E-state index is -0.310. The number of nitrogens with one attached hydrogen (secondary N) is 1. The molecule has 144 valence electrons. The molecule has 0 radical (unpaired) electrons. The zero-order valence-corrected chi connectivity index (χ0v) is 16.0. The molecule has 4 nitrogen and oxygen atoms in total. The molecule has 1 N–H and O–H groups in total. The van der Waals surface area contributed by atoms with Crippen molar-refractivity contribution in [2.45, 2.75) is 13.2 Å². The molecule has 3 aromatic carbocycles. The van der Waals surface area contributed by atoms with E-state index in [1.54, 1.807) is 61.7 Å². The number of amides is 1. The van der Waals surface area contributed by atoms with Gasteiger partial charge in [0.2, 0.25) is 0 Å². The van der Waals surface area contributed by atoms with Crippen LogP contribution in [0, 0.1) is 5.82 Å². The first-order chi connectivity index (χ1) is 13.5. The average Bonchev–Trinajstić information content (AvgIpc) is 2.72. The van der Waals surface area contributed by atoms with Gasteiger partial charge in [0.1, 0.15) is 23.9 Å². The van der Waals surface area contributed by atoms with Crippen LogP contribution in [-0.4, -0.2) is 13.0 Å². The van der Waals surface area contributed by atoms with Crippen LogP contribution in [0.4, 0.5) is 4.39 Å². The summed E-state index contributed by atoms with van der Waals surface area (Å²) in [4.78, 5) is 12.5. The van der Waals surface area contributed by atoms with Gasteiger partial charge in [-0.15, -0.1) is 0 Å². The molecular weight excluding hydrogens is 381 g/mol. The summed E-state index contributed by atoms with van der Waals surface area (Å²) in [7, 11) is 1.56. The minimum Gasteiger partial charge on any atom is -0.496 e. The van der Waals surface area contributed by atoms with E-state index in [2.05, 4.69) is 5.32 Å². The van der Waals surface area contributed by atoms with E-state index in [9.17, 15) is 9.18 Å². The molecule has 0 fully saturated rings. The molecule has 0 bridgehead atoms. The van der Waals surface area contributed by atoms with Crippen LogP contribution < -0.4 is 14.8 Å². The lowest BCUT2D eigenvalue weighted by Crippen LogP contribution is -2.23. The monoisotopic (exact) mass is 399 g/mol. The van der Waals surface area contributed by atoms with Gasteiger partial charge in [0.05, 0.1) is 7.11 Å². The van der Waals surface area contributed by atoms with Crippen molar-refractivity contribution in [2.24, 2.45) is 0 Å². The van der Waals surface area contributed by atoms with Crippen LogP contribution in [0.3, 0.4) is 0 Å². The highest BCUT2D eigenvalue weighted by Gasteiger charge is 2.11. The van der Waals surface area contributed by atoms with Crippen molar-refractivity contribution in [1.82, 2.24) is 5.32 Å². The largest absolute Gasteiger partial charge is 0.496 e. The van der Waals surface area contributed by atoms with Crippen LogP contribution in [-0.2, 0) is 13.2 Å². The Morgan fingerprint density at radius 2 is 1.75 bits per heavy atom. The van der Waals surface area contributed by atoms with Crippen LogP contribution in [0.1, 0.15) is 21.5 Å². The molecule has 0 aromatic heterocycles. The number of hydrogen-bond donors (Lipinski definition) is 1. The van der Waals surface area contributed by atoms with Gasteiger partial charge in [-0.3, -0.25) is 4.79 Å². The second-order valence-corrected chi connectivity index (χ2v) is 6.51. The Hall–Kier alpha value is -3.05. The van der Waals surface area contributed by atoms with Crippen molar-refractivity contribution in [1.29, 1.82) is 0 Å². The van der Waals surface area contributed by atoms with Gasteiger partial charge in [0.25, 0.3) is 5.91 Å². The summed E-state index contributed by atoms with van der Waals surface area (Å²) >= 11 is 5.88. The summed E-state index contributed by atoms with van der Waals surface area (Å²) < 4.78 is 24.1. The zero-order valence-electron chi connectivity index (χ0n) is 15.2. The number of benzene rings is 3. The molecule has 3 rings (SSSR count). The molecule has 0 aliphatic rings. The summed E-state index contributed by atoms with van der Waals surface area (Å²) in [6, 6.07) is 18.2. The van der Waals surface area contributed by atoms with E-state index in [-0.39, 0.29) is 18.3 Å². The topological polar surface area (TPSA) is 47.6 Å². The molecule has 0 spiro atoms. The molecule has 0 saturated heterocycles. The predicted molar refractivity (Wildman–Crippen MR) is 106 cm³/mol. The SMILES string of the molecule is COc1ccc(C(=O)NCc2ccc(F)cc2)cc1COc1ccc(Cl)cc1. The van der Waals surface area contributed by atoms with E-state index in [0.717, 1.165) is 11.1 Å². The first-order valence-corrected chi connectivity index (χ1v) is 9.01. The molecule has 6 heteroatoms. The van der Waals surface area contributed by atoms with E-state index >= 15 is 0 Å². The van der Waals surface area contributed by atoms with E-state index in [1.165, 1.54) is 12.1 Å². The Balaban J connectivity index is 1.67. The summed E-state index contributed by atoms with van der Waals surface area (Å²) in [6.45, 7) is 0.547. The third kappa shape index (κ3) is 5.24. The maximum atomic E-state index is 13.0. The Kier molecular flexibility index (Phi) is 6.50.